The van der Waals surface area contributed by atoms with Gasteiger partial charge >= 0.3 is 0 Å². The van der Waals surface area contributed by atoms with Crippen molar-refractivity contribution in [2.24, 2.45) is 0 Å². The number of benzene rings is 1. The molecule has 26 heavy (non-hydrogen) atoms. The molecule has 9 heteroatoms. The number of fused-ring (bicyclic) bond motifs is 1. The average molecular weight is 376 g/mol. The molecule has 0 aliphatic carbocycles. The van der Waals surface area contributed by atoms with Gasteiger partial charge in [-0.25, -0.2) is 13.1 Å². The summed E-state index contributed by atoms with van der Waals surface area (Å²) in [5, 5.41) is 7.49. The number of methoxy groups -OCH3 is 1. The topological polar surface area (TPSA) is 93.5 Å². The molecule has 4 rings (SSSR count). The van der Waals surface area contributed by atoms with Crippen LogP contribution in [0.2, 0.25) is 0 Å². The fourth-order valence-corrected chi connectivity index (χ4v) is 5.63. The van der Waals surface area contributed by atoms with Gasteiger partial charge in [-0.3, -0.25) is 4.79 Å². The van der Waals surface area contributed by atoms with Crippen molar-refractivity contribution in [1.29, 1.82) is 0 Å². The molecule has 2 fully saturated rings. The fraction of sp³-hybridized carbons (Fsp3) is 0.412. The van der Waals surface area contributed by atoms with Gasteiger partial charge in [-0.05, 0) is 12.1 Å². The SMILES string of the molecule is COc1ccccc1-n1cc(C(=O)N2CCN[C@@H]3CS(=O)(=O)C[C@@H]32)cn1. The number of ether oxygens (including phenoxy) is 1. The lowest BCUT2D eigenvalue weighted by Crippen LogP contribution is -2.59. The van der Waals surface area contributed by atoms with Crippen molar-refractivity contribution in [3.05, 3.63) is 42.2 Å². The second-order valence-electron chi connectivity index (χ2n) is 6.55. The van der Waals surface area contributed by atoms with E-state index in [9.17, 15) is 13.2 Å². The Morgan fingerprint density at radius 2 is 2.12 bits per heavy atom. The van der Waals surface area contributed by atoms with E-state index in [1.165, 1.54) is 6.20 Å². The van der Waals surface area contributed by atoms with Crippen LogP contribution in [0, 0.1) is 0 Å². The number of para-hydroxylation sites is 2. The van der Waals surface area contributed by atoms with Crippen LogP contribution in [0.25, 0.3) is 5.69 Å². The zero-order chi connectivity index (χ0) is 18.3. The van der Waals surface area contributed by atoms with Crippen molar-refractivity contribution in [3.8, 4) is 11.4 Å². The molecular weight excluding hydrogens is 356 g/mol. The predicted octanol–water partition coefficient (Wildman–Crippen LogP) is 0.0919. The number of nitrogens with zero attached hydrogens (tertiary/aromatic N) is 3. The summed E-state index contributed by atoms with van der Waals surface area (Å²) >= 11 is 0. The maximum Gasteiger partial charge on any atom is 0.257 e. The number of sulfone groups is 1. The summed E-state index contributed by atoms with van der Waals surface area (Å²) in [6.07, 6.45) is 3.16. The summed E-state index contributed by atoms with van der Waals surface area (Å²) in [6.45, 7) is 1.07. The van der Waals surface area contributed by atoms with E-state index < -0.39 is 9.84 Å². The third-order valence-corrected chi connectivity index (χ3v) is 6.62. The molecule has 0 saturated carbocycles. The Hall–Kier alpha value is -2.39. The van der Waals surface area contributed by atoms with Gasteiger partial charge in [0.2, 0.25) is 0 Å². The standard InChI is InChI=1S/C17H20N4O4S/c1-25-16-5-3-2-4-14(16)21-9-12(8-19-21)17(22)20-7-6-18-13-10-26(23,24)11-15(13)20/h2-5,8-9,13,15,18H,6-7,10-11H2,1H3/t13-,15+/m1/s1. The van der Waals surface area contributed by atoms with Crippen molar-refractivity contribution in [2.75, 3.05) is 31.7 Å². The molecule has 2 aromatic rings. The molecule has 1 aromatic carbocycles. The van der Waals surface area contributed by atoms with E-state index in [1.807, 2.05) is 24.3 Å². The number of amides is 1. The summed E-state index contributed by atoms with van der Waals surface area (Å²) in [6, 6.07) is 6.88. The molecule has 0 unspecified atom stereocenters. The predicted molar refractivity (Wildman–Crippen MR) is 95.4 cm³/mol. The number of aromatic nitrogens is 2. The first-order valence-corrected chi connectivity index (χ1v) is 10.2. The lowest BCUT2D eigenvalue weighted by Gasteiger charge is -2.37. The van der Waals surface area contributed by atoms with Crippen LogP contribution < -0.4 is 10.1 Å². The van der Waals surface area contributed by atoms with Gasteiger partial charge in [0.15, 0.2) is 9.84 Å². The van der Waals surface area contributed by atoms with Gasteiger partial charge in [0, 0.05) is 25.3 Å². The number of carbonyl (C=O) groups excluding carboxylic acids is 1. The first kappa shape index (κ1) is 17.0. The van der Waals surface area contributed by atoms with E-state index in [-0.39, 0.29) is 29.5 Å². The Morgan fingerprint density at radius 3 is 2.92 bits per heavy atom. The first-order valence-electron chi connectivity index (χ1n) is 8.41. The van der Waals surface area contributed by atoms with Crippen molar-refractivity contribution in [1.82, 2.24) is 20.0 Å². The fourth-order valence-electron chi connectivity index (χ4n) is 3.67. The molecule has 2 aliphatic heterocycles. The van der Waals surface area contributed by atoms with Gasteiger partial charge in [-0.1, -0.05) is 12.1 Å². The van der Waals surface area contributed by atoms with Gasteiger partial charge in [-0.2, -0.15) is 5.10 Å². The molecule has 1 amide bonds. The summed E-state index contributed by atoms with van der Waals surface area (Å²) in [5.41, 5.74) is 1.16. The molecule has 0 bridgehead atoms. The summed E-state index contributed by atoms with van der Waals surface area (Å²) in [4.78, 5) is 14.6. The van der Waals surface area contributed by atoms with E-state index in [0.29, 0.717) is 24.4 Å². The normalized spacial score (nSPS) is 24.3. The number of hydrogen-bond acceptors (Lipinski definition) is 6. The highest BCUT2D eigenvalue weighted by molar-refractivity contribution is 7.91. The highest BCUT2D eigenvalue weighted by atomic mass is 32.2. The Morgan fingerprint density at radius 1 is 1.31 bits per heavy atom. The Balaban J connectivity index is 1.60. The van der Waals surface area contributed by atoms with Crippen molar-refractivity contribution in [3.63, 3.8) is 0 Å². The minimum Gasteiger partial charge on any atom is -0.494 e. The lowest BCUT2D eigenvalue weighted by molar-refractivity contribution is 0.0621. The molecule has 2 aliphatic rings. The van der Waals surface area contributed by atoms with E-state index in [0.717, 1.165) is 5.69 Å². The monoisotopic (exact) mass is 376 g/mol. The smallest absolute Gasteiger partial charge is 0.257 e. The average Bonchev–Trinajstić information content (AvgIpc) is 3.23. The highest BCUT2D eigenvalue weighted by Crippen LogP contribution is 2.25. The molecular formula is C17H20N4O4S. The lowest BCUT2D eigenvalue weighted by atomic mass is 10.1. The molecule has 2 atom stereocenters. The summed E-state index contributed by atoms with van der Waals surface area (Å²) in [7, 11) is -1.54. The maximum atomic E-state index is 13.0. The van der Waals surface area contributed by atoms with Crippen LogP contribution in [0.4, 0.5) is 0 Å². The molecule has 8 nitrogen and oxygen atoms in total. The zero-order valence-corrected chi connectivity index (χ0v) is 15.1. The van der Waals surface area contributed by atoms with Crippen LogP contribution in [0.5, 0.6) is 5.75 Å². The number of piperazine rings is 1. The number of rotatable bonds is 3. The first-order chi connectivity index (χ1) is 12.5. The van der Waals surface area contributed by atoms with E-state index in [2.05, 4.69) is 10.4 Å². The quantitative estimate of drug-likeness (QED) is 0.816. The van der Waals surface area contributed by atoms with Crippen LogP contribution in [0.3, 0.4) is 0 Å². The Labute approximate surface area is 151 Å². The summed E-state index contributed by atoms with van der Waals surface area (Å²) in [5.74, 6) is 0.553. The summed E-state index contributed by atoms with van der Waals surface area (Å²) < 4.78 is 30.8. The Kier molecular flexibility index (Phi) is 4.20. The van der Waals surface area contributed by atoms with Crippen LogP contribution in [0.15, 0.2) is 36.7 Å². The molecule has 0 spiro atoms. The molecule has 2 saturated heterocycles. The van der Waals surface area contributed by atoms with E-state index >= 15 is 0 Å². The van der Waals surface area contributed by atoms with Crippen molar-refractivity contribution in [2.45, 2.75) is 12.1 Å². The van der Waals surface area contributed by atoms with Gasteiger partial charge in [0.25, 0.3) is 5.91 Å². The molecule has 1 N–H and O–H groups in total. The third kappa shape index (κ3) is 2.97. The van der Waals surface area contributed by atoms with Crippen LogP contribution in [-0.2, 0) is 9.84 Å². The van der Waals surface area contributed by atoms with Gasteiger partial charge in [-0.15, -0.1) is 0 Å². The Bertz CT molecular complexity index is 940. The van der Waals surface area contributed by atoms with Crippen LogP contribution in [0.1, 0.15) is 10.4 Å². The highest BCUT2D eigenvalue weighted by Gasteiger charge is 2.44. The second kappa shape index (κ2) is 6.40. The van der Waals surface area contributed by atoms with Gasteiger partial charge < -0.3 is 15.0 Å². The molecule has 138 valence electrons. The van der Waals surface area contributed by atoms with Gasteiger partial charge in [0.05, 0.1) is 36.4 Å². The third-order valence-electron chi connectivity index (χ3n) is 4.90. The minimum atomic E-state index is -3.12. The second-order valence-corrected chi connectivity index (χ2v) is 8.70. The molecule has 3 heterocycles. The number of carbonyl (C=O) groups is 1. The molecule has 0 radical (unpaired) electrons. The van der Waals surface area contributed by atoms with Crippen molar-refractivity contribution < 1.29 is 17.9 Å². The number of hydrogen-bond donors (Lipinski definition) is 1. The minimum absolute atomic E-state index is 0.0110. The molecule has 1 aromatic heterocycles. The van der Waals surface area contributed by atoms with Crippen molar-refractivity contribution >= 4 is 15.7 Å². The van der Waals surface area contributed by atoms with E-state index in [1.54, 1.807) is 22.9 Å². The number of nitrogens with one attached hydrogen (secondary N) is 1. The van der Waals surface area contributed by atoms with Gasteiger partial charge in [0.1, 0.15) is 11.4 Å². The zero-order valence-electron chi connectivity index (χ0n) is 14.3. The largest absolute Gasteiger partial charge is 0.494 e. The maximum absolute atomic E-state index is 13.0. The van der Waals surface area contributed by atoms with Crippen LogP contribution in [-0.4, -0.2) is 72.8 Å². The van der Waals surface area contributed by atoms with E-state index in [4.69, 9.17) is 4.74 Å². The van der Waals surface area contributed by atoms with Crippen LogP contribution >= 0.6 is 0 Å².